The summed E-state index contributed by atoms with van der Waals surface area (Å²) in [7, 11) is 0. The summed E-state index contributed by atoms with van der Waals surface area (Å²) in [5.41, 5.74) is 2.66. The fourth-order valence-corrected chi connectivity index (χ4v) is 1.78. The van der Waals surface area contributed by atoms with Gasteiger partial charge in [-0.2, -0.15) is 0 Å². The number of halogens is 1. The number of benzene rings is 1. The van der Waals surface area contributed by atoms with E-state index in [-0.39, 0.29) is 10.8 Å². The summed E-state index contributed by atoms with van der Waals surface area (Å²) in [6.07, 6.45) is 0.849. The minimum absolute atomic E-state index is 0.232. The number of carbonyl (C=O) groups excluding carboxylic acids is 1. The Morgan fingerprint density at radius 3 is 2.93 bits per heavy atom. The molecule has 1 aromatic carbocycles. The van der Waals surface area contributed by atoms with Crippen molar-refractivity contribution in [3.63, 3.8) is 0 Å². The lowest BCUT2D eigenvalue weighted by atomic mass is 9.94. The van der Waals surface area contributed by atoms with Gasteiger partial charge in [0.25, 0.3) is 0 Å². The predicted molar refractivity (Wildman–Crippen MR) is 59.1 cm³/mol. The Kier molecular flexibility index (Phi) is 2.47. The topological polar surface area (TPSA) is 26.3 Å². The molecule has 0 aromatic heterocycles. The molecule has 0 saturated carbocycles. The summed E-state index contributed by atoms with van der Waals surface area (Å²) in [5, 5.41) is 0. The van der Waals surface area contributed by atoms with Gasteiger partial charge in [-0.25, -0.2) is 4.79 Å². The SMILES string of the molecule is CCC(C)(Cl)c1ccc2c(c1)COC2=O. The van der Waals surface area contributed by atoms with Crippen molar-refractivity contribution in [2.24, 2.45) is 0 Å². The number of hydrogen-bond donors (Lipinski definition) is 0. The van der Waals surface area contributed by atoms with E-state index in [1.807, 2.05) is 26.0 Å². The average molecular weight is 225 g/mol. The Morgan fingerprint density at radius 1 is 1.53 bits per heavy atom. The minimum Gasteiger partial charge on any atom is -0.457 e. The molecule has 1 aromatic rings. The Hall–Kier alpha value is -1.02. The van der Waals surface area contributed by atoms with Crippen LogP contribution in [0.2, 0.25) is 0 Å². The second kappa shape index (κ2) is 3.53. The van der Waals surface area contributed by atoms with E-state index in [4.69, 9.17) is 16.3 Å². The van der Waals surface area contributed by atoms with Crippen LogP contribution in [-0.4, -0.2) is 5.97 Å². The number of esters is 1. The van der Waals surface area contributed by atoms with E-state index in [2.05, 4.69) is 0 Å². The third-order valence-electron chi connectivity index (χ3n) is 2.95. The van der Waals surface area contributed by atoms with Crippen molar-refractivity contribution in [3.05, 3.63) is 34.9 Å². The molecule has 0 aliphatic carbocycles. The van der Waals surface area contributed by atoms with Crippen LogP contribution in [0.15, 0.2) is 18.2 Å². The predicted octanol–water partition coefficient (Wildman–Crippen LogP) is 3.22. The molecule has 2 rings (SSSR count). The van der Waals surface area contributed by atoms with Crippen LogP contribution in [0.4, 0.5) is 0 Å². The molecule has 15 heavy (non-hydrogen) atoms. The number of ether oxygens (including phenoxy) is 1. The molecule has 2 nitrogen and oxygen atoms in total. The molecule has 0 radical (unpaired) electrons. The van der Waals surface area contributed by atoms with E-state index >= 15 is 0 Å². The Labute approximate surface area is 94.2 Å². The number of rotatable bonds is 2. The molecule has 0 saturated heterocycles. The molecule has 1 atom stereocenters. The molecule has 0 fully saturated rings. The van der Waals surface area contributed by atoms with E-state index in [0.29, 0.717) is 12.2 Å². The van der Waals surface area contributed by atoms with E-state index < -0.39 is 0 Å². The first-order valence-electron chi connectivity index (χ1n) is 5.04. The normalized spacial score (nSPS) is 18.2. The van der Waals surface area contributed by atoms with Gasteiger partial charge in [0.15, 0.2) is 0 Å². The van der Waals surface area contributed by atoms with Gasteiger partial charge in [0, 0.05) is 5.56 Å². The first-order valence-corrected chi connectivity index (χ1v) is 5.42. The molecule has 1 heterocycles. The number of alkyl halides is 1. The average Bonchev–Trinajstić information content (AvgIpc) is 2.60. The number of fused-ring (bicyclic) bond motifs is 1. The van der Waals surface area contributed by atoms with Gasteiger partial charge in [-0.15, -0.1) is 11.6 Å². The fourth-order valence-electron chi connectivity index (χ4n) is 1.66. The van der Waals surface area contributed by atoms with E-state index in [1.54, 1.807) is 6.07 Å². The van der Waals surface area contributed by atoms with Crippen LogP contribution in [0, 0.1) is 0 Å². The highest BCUT2D eigenvalue weighted by Crippen LogP contribution is 2.34. The van der Waals surface area contributed by atoms with Crippen LogP contribution in [0.5, 0.6) is 0 Å². The first kappa shape index (κ1) is 10.5. The summed E-state index contributed by atoms with van der Waals surface area (Å²) in [6.45, 7) is 4.40. The zero-order valence-electron chi connectivity index (χ0n) is 8.84. The van der Waals surface area contributed by atoms with Crippen LogP contribution < -0.4 is 0 Å². The quantitative estimate of drug-likeness (QED) is 0.570. The molecular weight excluding hydrogens is 212 g/mol. The summed E-state index contributed by atoms with van der Waals surface area (Å²) >= 11 is 6.36. The summed E-state index contributed by atoms with van der Waals surface area (Å²) < 4.78 is 4.94. The smallest absolute Gasteiger partial charge is 0.338 e. The molecule has 0 spiro atoms. The van der Waals surface area contributed by atoms with Crippen molar-refractivity contribution in [2.45, 2.75) is 31.7 Å². The summed E-state index contributed by atoms with van der Waals surface area (Å²) in [5.74, 6) is -0.232. The highest BCUT2D eigenvalue weighted by Gasteiger charge is 2.26. The van der Waals surface area contributed by atoms with Gasteiger partial charge >= 0.3 is 5.97 Å². The molecule has 0 N–H and O–H groups in total. The Morgan fingerprint density at radius 2 is 2.27 bits per heavy atom. The van der Waals surface area contributed by atoms with Gasteiger partial charge in [0.2, 0.25) is 0 Å². The molecule has 0 bridgehead atoms. The lowest BCUT2D eigenvalue weighted by Crippen LogP contribution is -2.12. The number of carbonyl (C=O) groups is 1. The number of hydrogen-bond acceptors (Lipinski definition) is 2. The van der Waals surface area contributed by atoms with Crippen LogP contribution in [0.3, 0.4) is 0 Å². The monoisotopic (exact) mass is 224 g/mol. The first-order chi connectivity index (χ1) is 7.04. The van der Waals surface area contributed by atoms with Crippen molar-refractivity contribution in [1.29, 1.82) is 0 Å². The molecule has 80 valence electrons. The van der Waals surface area contributed by atoms with Crippen molar-refractivity contribution < 1.29 is 9.53 Å². The lowest BCUT2D eigenvalue weighted by Gasteiger charge is -2.20. The van der Waals surface area contributed by atoms with Crippen LogP contribution >= 0.6 is 11.6 Å². The third kappa shape index (κ3) is 1.74. The standard InChI is InChI=1S/C12H13ClO2/c1-3-12(2,13)9-4-5-10-8(6-9)7-15-11(10)14/h4-6H,3,7H2,1-2H3. The molecule has 3 heteroatoms. The van der Waals surface area contributed by atoms with Gasteiger partial charge in [0.1, 0.15) is 6.61 Å². The van der Waals surface area contributed by atoms with Gasteiger partial charge in [0.05, 0.1) is 10.4 Å². The lowest BCUT2D eigenvalue weighted by molar-refractivity contribution is 0.0535. The Balaban J connectivity index is 2.43. The maximum atomic E-state index is 11.2. The highest BCUT2D eigenvalue weighted by atomic mass is 35.5. The van der Waals surface area contributed by atoms with E-state index in [1.165, 1.54) is 0 Å². The van der Waals surface area contributed by atoms with Gasteiger partial charge in [-0.3, -0.25) is 0 Å². The van der Waals surface area contributed by atoms with Crippen molar-refractivity contribution >= 4 is 17.6 Å². The van der Waals surface area contributed by atoms with Crippen molar-refractivity contribution in [1.82, 2.24) is 0 Å². The van der Waals surface area contributed by atoms with Gasteiger partial charge in [-0.05, 0) is 31.0 Å². The largest absolute Gasteiger partial charge is 0.457 e. The zero-order chi connectivity index (χ0) is 11.1. The van der Waals surface area contributed by atoms with Crippen LogP contribution in [-0.2, 0) is 16.2 Å². The van der Waals surface area contributed by atoms with Crippen LogP contribution in [0.1, 0.15) is 41.8 Å². The highest BCUT2D eigenvalue weighted by molar-refractivity contribution is 6.23. The van der Waals surface area contributed by atoms with E-state index in [0.717, 1.165) is 17.5 Å². The maximum Gasteiger partial charge on any atom is 0.338 e. The molecular formula is C12H13ClO2. The summed E-state index contributed by atoms with van der Waals surface area (Å²) in [6, 6.07) is 5.68. The molecule has 1 aliphatic rings. The molecule has 1 unspecified atom stereocenters. The second-order valence-electron chi connectivity index (χ2n) is 4.00. The fraction of sp³-hybridized carbons (Fsp3) is 0.417. The van der Waals surface area contributed by atoms with Crippen molar-refractivity contribution in [2.75, 3.05) is 0 Å². The summed E-state index contributed by atoms with van der Waals surface area (Å²) in [4.78, 5) is 10.9. The second-order valence-corrected chi connectivity index (χ2v) is 4.83. The maximum absolute atomic E-state index is 11.2. The third-order valence-corrected chi connectivity index (χ3v) is 3.44. The Bertz CT molecular complexity index is 410. The van der Waals surface area contributed by atoms with Gasteiger partial charge in [-0.1, -0.05) is 13.0 Å². The minimum atomic E-state index is -0.360. The van der Waals surface area contributed by atoms with Crippen molar-refractivity contribution in [3.8, 4) is 0 Å². The number of cyclic esters (lactones) is 1. The van der Waals surface area contributed by atoms with E-state index in [9.17, 15) is 4.79 Å². The van der Waals surface area contributed by atoms with Crippen LogP contribution in [0.25, 0.3) is 0 Å². The molecule has 0 amide bonds. The molecule has 1 aliphatic heterocycles. The zero-order valence-corrected chi connectivity index (χ0v) is 9.60. The van der Waals surface area contributed by atoms with Gasteiger partial charge < -0.3 is 4.74 Å².